The lowest BCUT2D eigenvalue weighted by Gasteiger charge is -2.10. The first-order valence-corrected chi connectivity index (χ1v) is 7.01. The Bertz CT molecular complexity index is 815. The van der Waals surface area contributed by atoms with Gasteiger partial charge in [-0.2, -0.15) is 5.26 Å². The Morgan fingerprint density at radius 1 is 1.41 bits per heavy atom. The van der Waals surface area contributed by atoms with Crippen molar-refractivity contribution in [2.24, 2.45) is 5.92 Å². The van der Waals surface area contributed by atoms with Gasteiger partial charge in [0.25, 0.3) is 0 Å². The summed E-state index contributed by atoms with van der Waals surface area (Å²) in [5, 5.41) is 13.6. The molecule has 0 bridgehead atoms. The summed E-state index contributed by atoms with van der Waals surface area (Å²) >= 11 is 0. The fourth-order valence-corrected chi connectivity index (χ4v) is 2.59. The van der Waals surface area contributed by atoms with Gasteiger partial charge < -0.3 is 10.2 Å². The highest BCUT2D eigenvalue weighted by molar-refractivity contribution is 5.94. The van der Waals surface area contributed by atoms with Gasteiger partial charge >= 0.3 is 0 Å². The van der Waals surface area contributed by atoms with Crippen molar-refractivity contribution in [1.29, 1.82) is 5.26 Å². The zero-order valence-corrected chi connectivity index (χ0v) is 11.9. The van der Waals surface area contributed by atoms with Gasteiger partial charge in [-0.05, 0) is 30.0 Å². The smallest absolute Gasteiger partial charge is 0.230 e. The Kier molecular flexibility index (Phi) is 3.64. The molecule has 5 nitrogen and oxygen atoms in total. The van der Waals surface area contributed by atoms with Crippen LogP contribution in [-0.2, 0) is 4.79 Å². The number of aromatic nitrogens is 1. The molecule has 1 aromatic carbocycles. The maximum atomic E-state index is 12.2. The van der Waals surface area contributed by atoms with Crippen LogP contribution < -0.4 is 5.32 Å². The summed E-state index contributed by atoms with van der Waals surface area (Å²) in [6.45, 7) is 1.10. The number of fused-ring (bicyclic) bond motifs is 1. The zero-order chi connectivity index (χ0) is 15.5. The SMILES string of the molecule is C#Cc1ccc2cnc(NC(=O)[C@H]3CCN(C#N)C3)cc2c1. The van der Waals surface area contributed by atoms with E-state index in [1.807, 2.05) is 24.3 Å². The predicted octanol–water partition coefficient (Wildman–Crippen LogP) is 1.96. The number of benzene rings is 1. The standard InChI is InChI=1S/C17H14N4O/c1-2-12-3-4-13-9-19-16(8-15(13)7-12)20-17(22)14-5-6-21(10-14)11-18/h1,3-4,7-9,14H,5-6,10H2,(H,19,20,22)/t14-/m0/s1. The van der Waals surface area contributed by atoms with Crippen molar-refractivity contribution in [3.05, 3.63) is 36.0 Å². The number of rotatable bonds is 2. The van der Waals surface area contributed by atoms with E-state index in [2.05, 4.69) is 22.4 Å². The number of hydrogen-bond donors (Lipinski definition) is 1. The molecule has 108 valence electrons. The van der Waals surface area contributed by atoms with E-state index in [0.29, 0.717) is 25.3 Å². The molecule has 5 heteroatoms. The van der Waals surface area contributed by atoms with E-state index in [0.717, 1.165) is 16.3 Å². The van der Waals surface area contributed by atoms with Crippen molar-refractivity contribution in [2.75, 3.05) is 18.4 Å². The number of anilines is 1. The third-order valence-electron chi connectivity index (χ3n) is 3.84. The van der Waals surface area contributed by atoms with Crippen LogP contribution in [0.4, 0.5) is 5.82 Å². The molecule has 1 aromatic heterocycles. The van der Waals surface area contributed by atoms with Gasteiger partial charge in [-0.1, -0.05) is 12.0 Å². The van der Waals surface area contributed by atoms with Crippen LogP contribution in [0, 0.1) is 29.7 Å². The minimum absolute atomic E-state index is 0.0993. The quantitative estimate of drug-likeness (QED) is 0.678. The molecular weight excluding hydrogens is 276 g/mol. The molecule has 2 aromatic rings. The van der Waals surface area contributed by atoms with Crippen LogP contribution in [0.1, 0.15) is 12.0 Å². The van der Waals surface area contributed by atoms with E-state index in [1.54, 1.807) is 11.1 Å². The molecule has 1 fully saturated rings. The fourth-order valence-electron chi connectivity index (χ4n) is 2.59. The summed E-state index contributed by atoms with van der Waals surface area (Å²) in [4.78, 5) is 18.1. The molecule has 1 amide bonds. The number of carbonyl (C=O) groups excluding carboxylic acids is 1. The maximum absolute atomic E-state index is 12.2. The van der Waals surface area contributed by atoms with Crippen LogP contribution in [0.25, 0.3) is 10.8 Å². The first-order valence-electron chi connectivity index (χ1n) is 7.01. The minimum Gasteiger partial charge on any atom is -0.310 e. The molecular formula is C17H14N4O. The number of hydrogen-bond acceptors (Lipinski definition) is 4. The lowest BCUT2D eigenvalue weighted by Crippen LogP contribution is -2.25. The van der Waals surface area contributed by atoms with E-state index >= 15 is 0 Å². The van der Waals surface area contributed by atoms with Crippen molar-refractivity contribution >= 4 is 22.5 Å². The van der Waals surface area contributed by atoms with E-state index in [-0.39, 0.29) is 11.8 Å². The summed E-state index contributed by atoms with van der Waals surface area (Å²) in [6, 6.07) is 7.47. The van der Waals surface area contributed by atoms with E-state index in [9.17, 15) is 4.79 Å². The topological polar surface area (TPSA) is 69.0 Å². The Morgan fingerprint density at radius 3 is 3.00 bits per heavy atom. The fraction of sp³-hybridized carbons (Fsp3) is 0.235. The number of nitrogens with one attached hydrogen (secondary N) is 1. The average Bonchev–Trinajstić information content (AvgIpc) is 3.03. The van der Waals surface area contributed by atoms with Gasteiger partial charge in [0.15, 0.2) is 6.19 Å². The number of pyridine rings is 1. The molecule has 1 N–H and O–H groups in total. The number of nitriles is 1. The molecule has 1 aliphatic rings. The van der Waals surface area contributed by atoms with Crippen molar-refractivity contribution in [2.45, 2.75) is 6.42 Å². The third-order valence-corrected chi connectivity index (χ3v) is 3.84. The normalized spacial score (nSPS) is 17.0. The summed E-state index contributed by atoms with van der Waals surface area (Å²) in [6.07, 6.45) is 9.87. The molecule has 0 aliphatic carbocycles. The van der Waals surface area contributed by atoms with Crippen LogP contribution in [0.5, 0.6) is 0 Å². The zero-order valence-electron chi connectivity index (χ0n) is 11.9. The Morgan fingerprint density at radius 2 is 2.27 bits per heavy atom. The number of amides is 1. The van der Waals surface area contributed by atoms with Crippen molar-refractivity contribution in [3.63, 3.8) is 0 Å². The molecule has 0 radical (unpaired) electrons. The van der Waals surface area contributed by atoms with Gasteiger partial charge in [0, 0.05) is 30.2 Å². The summed E-state index contributed by atoms with van der Waals surface area (Å²) in [5.41, 5.74) is 0.788. The Hall–Kier alpha value is -3.05. The van der Waals surface area contributed by atoms with Gasteiger partial charge in [0.05, 0.1) is 5.92 Å². The van der Waals surface area contributed by atoms with Gasteiger partial charge in [0.2, 0.25) is 5.91 Å². The lowest BCUT2D eigenvalue weighted by atomic mass is 10.1. The lowest BCUT2D eigenvalue weighted by molar-refractivity contribution is -0.119. The molecule has 1 atom stereocenters. The van der Waals surface area contributed by atoms with E-state index < -0.39 is 0 Å². The van der Waals surface area contributed by atoms with Crippen LogP contribution in [0.3, 0.4) is 0 Å². The number of likely N-dealkylation sites (tertiary alicyclic amines) is 1. The molecule has 3 rings (SSSR count). The van der Waals surface area contributed by atoms with Crippen molar-refractivity contribution < 1.29 is 4.79 Å². The molecule has 0 unspecified atom stereocenters. The number of carbonyl (C=O) groups is 1. The first kappa shape index (κ1) is 13.9. The van der Waals surface area contributed by atoms with Crippen LogP contribution >= 0.6 is 0 Å². The molecule has 1 saturated heterocycles. The number of nitrogens with zero attached hydrogens (tertiary/aromatic N) is 3. The number of terminal acetylenes is 1. The summed E-state index contributed by atoms with van der Waals surface area (Å²) < 4.78 is 0. The first-order chi connectivity index (χ1) is 10.7. The summed E-state index contributed by atoms with van der Waals surface area (Å²) in [5.74, 6) is 2.82. The Labute approximate surface area is 128 Å². The largest absolute Gasteiger partial charge is 0.310 e. The van der Waals surface area contributed by atoms with Gasteiger partial charge in [-0.25, -0.2) is 4.98 Å². The van der Waals surface area contributed by atoms with Crippen molar-refractivity contribution in [3.8, 4) is 18.5 Å². The second-order valence-electron chi connectivity index (χ2n) is 5.30. The monoisotopic (exact) mass is 290 g/mol. The second-order valence-corrected chi connectivity index (χ2v) is 5.30. The highest BCUT2D eigenvalue weighted by atomic mass is 16.2. The van der Waals surface area contributed by atoms with Gasteiger partial charge in [-0.3, -0.25) is 4.79 Å². The van der Waals surface area contributed by atoms with Crippen LogP contribution in [-0.4, -0.2) is 28.9 Å². The minimum atomic E-state index is -0.172. The van der Waals surface area contributed by atoms with Crippen molar-refractivity contribution in [1.82, 2.24) is 9.88 Å². The third kappa shape index (κ3) is 2.70. The highest BCUT2D eigenvalue weighted by Gasteiger charge is 2.27. The predicted molar refractivity (Wildman–Crippen MR) is 83.6 cm³/mol. The van der Waals surface area contributed by atoms with Crippen LogP contribution in [0.2, 0.25) is 0 Å². The molecule has 1 aliphatic heterocycles. The average molecular weight is 290 g/mol. The van der Waals surface area contributed by atoms with Gasteiger partial charge in [-0.15, -0.1) is 6.42 Å². The molecule has 2 heterocycles. The second kappa shape index (κ2) is 5.75. The highest BCUT2D eigenvalue weighted by Crippen LogP contribution is 2.20. The molecule has 0 saturated carbocycles. The van der Waals surface area contributed by atoms with Gasteiger partial charge in [0.1, 0.15) is 5.82 Å². The van der Waals surface area contributed by atoms with E-state index in [1.165, 1.54) is 0 Å². The summed E-state index contributed by atoms with van der Waals surface area (Å²) in [7, 11) is 0. The van der Waals surface area contributed by atoms with E-state index in [4.69, 9.17) is 11.7 Å². The molecule has 22 heavy (non-hydrogen) atoms. The van der Waals surface area contributed by atoms with Crippen LogP contribution in [0.15, 0.2) is 30.5 Å². The molecule has 0 spiro atoms. The Balaban J connectivity index is 1.78. The maximum Gasteiger partial charge on any atom is 0.230 e.